The summed E-state index contributed by atoms with van der Waals surface area (Å²) in [6.07, 6.45) is 7.30. The van der Waals surface area contributed by atoms with Gasteiger partial charge in [0, 0.05) is 18.0 Å². The molecule has 0 aliphatic heterocycles. The number of aliphatic imine (C=N–C) groups is 1. The van der Waals surface area contributed by atoms with Gasteiger partial charge < -0.3 is 0 Å². The first-order valence-corrected chi connectivity index (χ1v) is 4.70. The number of fused-ring (bicyclic) bond motifs is 1. The van der Waals surface area contributed by atoms with Crippen LogP contribution in [-0.4, -0.2) is 16.7 Å². The largest absolute Gasteiger partial charge is 0.264 e. The van der Waals surface area contributed by atoms with Gasteiger partial charge in [-0.05, 0) is 25.8 Å². The van der Waals surface area contributed by atoms with Crippen LogP contribution in [0.25, 0.3) is 17.1 Å². The fourth-order valence-corrected chi connectivity index (χ4v) is 1.52. The first kappa shape index (κ1) is 9.52. The Kier molecular flexibility index (Phi) is 2.54. The van der Waals surface area contributed by atoms with Crippen LogP contribution in [0.5, 0.6) is 0 Å². The lowest BCUT2D eigenvalue weighted by Gasteiger charge is -2.03. The number of hydrogen-bond acceptors (Lipinski definition) is 3. The second kappa shape index (κ2) is 4.00. The molecule has 1 heterocycles. The zero-order valence-electron chi connectivity index (χ0n) is 8.51. The minimum atomic E-state index is 0.834. The van der Waals surface area contributed by atoms with E-state index in [2.05, 4.69) is 21.7 Å². The summed E-state index contributed by atoms with van der Waals surface area (Å²) >= 11 is 0. The van der Waals surface area contributed by atoms with E-state index in [1.807, 2.05) is 31.2 Å². The van der Waals surface area contributed by atoms with Crippen molar-refractivity contribution in [3.05, 3.63) is 36.2 Å². The van der Waals surface area contributed by atoms with E-state index >= 15 is 0 Å². The van der Waals surface area contributed by atoms with Crippen molar-refractivity contribution >= 4 is 29.5 Å². The van der Waals surface area contributed by atoms with Crippen LogP contribution in [0.1, 0.15) is 12.5 Å². The number of aromatic nitrogens is 2. The van der Waals surface area contributed by atoms with Gasteiger partial charge >= 0.3 is 0 Å². The average molecular weight is 197 g/mol. The summed E-state index contributed by atoms with van der Waals surface area (Å²) in [5.41, 5.74) is 3.54. The molecule has 2 aromatic rings. The first-order valence-electron chi connectivity index (χ1n) is 4.70. The molecule has 0 unspecified atom stereocenters. The highest BCUT2D eigenvalue weighted by molar-refractivity contribution is 5.90. The van der Waals surface area contributed by atoms with Gasteiger partial charge in [-0.1, -0.05) is 12.2 Å². The van der Waals surface area contributed by atoms with Gasteiger partial charge in [0.15, 0.2) is 0 Å². The molecular weight excluding hydrogens is 186 g/mol. The number of nitrogens with zero attached hydrogens (tertiary/aromatic N) is 3. The molecule has 0 fully saturated rings. The Morgan fingerprint density at radius 1 is 1.27 bits per heavy atom. The van der Waals surface area contributed by atoms with E-state index in [1.54, 1.807) is 12.4 Å². The maximum atomic E-state index is 4.31. The van der Waals surface area contributed by atoms with E-state index in [1.165, 1.54) is 0 Å². The Labute approximate surface area is 88.2 Å². The van der Waals surface area contributed by atoms with Gasteiger partial charge in [-0.3, -0.25) is 15.0 Å². The molecular formula is C12H11N3. The van der Waals surface area contributed by atoms with Crippen LogP contribution in [0, 0.1) is 0 Å². The van der Waals surface area contributed by atoms with Crippen LogP contribution < -0.4 is 0 Å². The molecule has 0 bridgehead atoms. The van der Waals surface area contributed by atoms with Gasteiger partial charge in [0.1, 0.15) is 0 Å². The van der Waals surface area contributed by atoms with Gasteiger partial charge in [0.2, 0.25) is 0 Å². The minimum absolute atomic E-state index is 0.834. The maximum absolute atomic E-state index is 4.31. The van der Waals surface area contributed by atoms with Gasteiger partial charge in [-0.25, -0.2) is 0 Å². The Hall–Kier alpha value is -2.03. The van der Waals surface area contributed by atoms with Crippen molar-refractivity contribution in [1.82, 2.24) is 9.97 Å². The second-order valence-electron chi connectivity index (χ2n) is 3.08. The molecule has 0 saturated carbocycles. The molecule has 3 nitrogen and oxygen atoms in total. The summed E-state index contributed by atoms with van der Waals surface area (Å²) in [6.45, 7) is 5.51. The summed E-state index contributed by atoms with van der Waals surface area (Å²) in [4.78, 5) is 12.5. The van der Waals surface area contributed by atoms with Crippen molar-refractivity contribution < 1.29 is 0 Å². The van der Waals surface area contributed by atoms with E-state index in [-0.39, 0.29) is 0 Å². The van der Waals surface area contributed by atoms with Gasteiger partial charge in [0.05, 0.1) is 16.7 Å². The fraction of sp³-hybridized carbons (Fsp3) is 0.0833. The Balaban J connectivity index is 2.84. The molecule has 1 aromatic heterocycles. The summed E-state index contributed by atoms with van der Waals surface area (Å²) in [5, 5.41) is 0. The van der Waals surface area contributed by atoms with Crippen LogP contribution >= 0.6 is 0 Å². The standard InChI is InChI=1S/C12H11N3/c1-3-4-9-10(13-2)5-6-11-12(9)15-8-7-14-11/h3-8H,2H2,1H3/b4-3-. The summed E-state index contributed by atoms with van der Waals surface area (Å²) in [5.74, 6) is 0. The molecule has 15 heavy (non-hydrogen) atoms. The second-order valence-corrected chi connectivity index (χ2v) is 3.08. The molecule has 0 atom stereocenters. The molecule has 3 heteroatoms. The number of benzene rings is 1. The molecule has 0 aliphatic carbocycles. The smallest absolute Gasteiger partial charge is 0.0980 e. The van der Waals surface area contributed by atoms with Crippen LogP contribution in [0.3, 0.4) is 0 Å². The zero-order valence-corrected chi connectivity index (χ0v) is 8.51. The van der Waals surface area contributed by atoms with Crippen molar-refractivity contribution in [1.29, 1.82) is 0 Å². The van der Waals surface area contributed by atoms with E-state index in [0.29, 0.717) is 0 Å². The van der Waals surface area contributed by atoms with Crippen molar-refractivity contribution in [2.75, 3.05) is 0 Å². The van der Waals surface area contributed by atoms with Crippen molar-refractivity contribution in [2.45, 2.75) is 6.92 Å². The van der Waals surface area contributed by atoms with E-state index < -0.39 is 0 Å². The number of allylic oxidation sites excluding steroid dienone is 1. The third-order valence-corrected chi connectivity index (χ3v) is 2.16. The lowest BCUT2D eigenvalue weighted by atomic mass is 10.1. The van der Waals surface area contributed by atoms with Crippen molar-refractivity contribution in [2.24, 2.45) is 4.99 Å². The summed E-state index contributed by atoms with van der Waals surface area (Å²) < 4.78 is 0. The maximum Gasteiger partial charge on any atom is 0.0980 e. The third-order valence-electron chi connectivity index (χ3n) is 2.16. The van der Waals surface area contributed by atoms with E-state index in [0.717, 1.165) is 22.3 Å². The lowest BCUT2D eigenvalue weighted by molar-refractivity contribution is 1.29. The fourth-order valence-electron chi connectivity index (χ4n) is 1.52. The molecule has 1 aromatic carbocycles. The molecule has 2 rings (SSSR count). The first-order chi connectivity index (χ1) is 7.36. The monoisotopic (exact) mass is 197 g/mol. The molecule has 0 amide bonds. The highest BCUT2D eigenvalue weighted by atomic mass is 14.8. The number of hydrogen-bond donors (Lipinski definition) is 0. The SMILES string of the molecule is C=Nc1ccc2nccnc2c1/C=C\C. The summed E-state index contributed by atoms with van der Waals surface area (Å²) in [7, 11) is 0. The average Bonchev–Trinajstić information content (AvgIpc) is 2.30. The molecule has 74 valence electrons. The molecule has 0 spiro atoms. The highest BCUT2D eigenvalue weighted by Gasteiger charge is 2.04. The highest BCUT2D eigenvalue weighted by Crippen LogP contribution is 2.26. The topological polar surface area (TPSA) is 38.1 Å². The van der Waals surface area contributed by atoms with Crippen LogP contribution in [-0.2, 0) is 0 Å². The predicted octanol–water partition coefficient (Wildman–Crippen LogP) is 3.00. The molecule has 0 aliphatic rings. The van der Waals surface area contributed by atoms with Crippen molar-refractivity contribution in [3.8, 4) is 0 Å². The van der Waals surface area contributed by atoms with Crippen molar-refractivity contribution in [3.63, 3.8) is 0 Å². The Morgan fingerprint density at radius 2 is 2.07 bits per heavy atom. The van der Waals surface area contributed by atoms with Gasteiger partial charge in [0.25, 0.3) is 0 Å². The third kappa shape index (κ3) is 1.64. The Morgan fingerprint density at radius 3 is 2.80 bits per heavy atom. The molecule has 0 radical (unpaired) electrons. The molecule has 0 saturated heterocycles. The Bertz CT molecular complexity index is 529. The van der Waals surface area contributed by atoms with Crippen LogP contribution in [0.4, 0.5) is 5.69 Å². The predicted molar refractivity (Wildman–Crippen MR) is 63.5 cm³/mol. The van der Waals surface area contributed by atoms with Gasteiger partial charge in [-0.15, -0.1) is 0 Å². The quantitative estimate of drug-likeness (QED) is 0.694. The zero-order chi connectivity index (χ0) is 10.7. The van der Waals surface area contributed by atoms with Gasteiger partial charge in [-0.2, -0.15) is 0 Å². The van der Waals surface area contributed by atoms with E-state index in [4.69, 9.17) is 0 Å². The van der Waals surface area contributed by atoms with Crippen LogP contribution in [0.2, 0.25) is 0 Å². The van der Waals surface area contributed by atoms with Crippen LogP contribution in [0.15, 0.2) is 35.6 Å². The molecule has 0 N–H and O–H groups in total. The lowest BCUT2D eigenvalue weighted by Crippen LogP contribution is -1.86. The summed E-state index contributed by atoms with van der Waals surface area (Å²) in [6, 6.07) is 3.80. The van der Waals surface area contributed by atoms with E-state index in [9.17, 15) is 0 Å². The minimum Gasteiger partial charge on any atom is -0.264 e. The number of rotatable bonds is 2. The normalized spacial score (nSPS) is 11.0.